The van der Waals surface area contributed by atoms with Crippen molar-refractivity contribution in [1.82, 2.24) is 10.6 Å². The van der Waals surface area contributed by atoms with Gasteiger partial charge in [-0.1, -0.05) is 30.7 Å². The zero-order chi connectivity index (χ0) is 23.0. The Hall–Kier alpha value is -3.02. The van der Waals surface area contributed by atoms with E-state index in [1.807, 2.05) is 18.2 Å². The van der Waals surface area contributed by atoms with Gasteiger partial charge in [0.05, 0.1) is 12.6 Å². The molecule has 2 aromatic carbocycles. The van der Waals surface area contributed by atoms with E-state index in [0.29, 0.717) is 6.54 Å². The van der Waals surface area contributed by atoms with Gasteiger partial charge in [-0.05, 0) is 74.9 Å². The van der Waals surface area contributed by atoms with Crippen LogP contribution in [0.3, 0.4) is 0 Å². The maximum atomic E-state index is 12.3. The maximum absolute atomic E-state index is 12.3. The topological polar surface area (TPSA) is 68.8 Å². The first kappa shape index (κ1) is 23.1. The molecule has 6 nitrogen and oxygen atoms in total. The molecule has 1 aliphatic heterocycles. The van der Waals surface area contributed by atoms with Crippen molar-refractivity contribution in [2.75, 3.05) is 29.9 Å². The third-order valence-electron chi connectivity index (χ3n) is 6.63. The molecule has 33 heavy (non-hydrogen) atoms. The predicted molar refractivity (Wildman–Crippen MR) is 137 cm³/mol. The van der Waals surface area contributed by atoms with Crippen LogP contribution in [0.5, 0.6) is 0 Å². The second kappa shape index (κ2) is 11.2. The summed E-state index contributed by atoms with van der Waals surface area (Å²) in [6.07, 6.45) is 5.73. The summed E-state index contributed by atoms with van der Waals surface area (Å²) in [5.74, 6) is 1.11. The van der Waals surface area contributed by atoms with Crippen LogP contribution < -0.4 is 20.9 Å². The maximum Gasteiger partial charge on any atom is 0.227 e. The highest BCUT2D eigenvalue weighted by atomic mass is 16.1. The molecule has 1 aliphatic carbocycles. The van der Waals surface area contributed by atoms with Gasteiger partial charge in [0.25, 0.3) is 0 Å². The lowest BCUT2D eigenvalue weighted by Gasteiger charge is -2.24. The van der Waals surface area contributed by atoms with Crippen LogP contribution in [0.2, 0.25) is 0 Å². The number of hydrogen-bond acceptors (Lipinski definition) is 3. The number of carbonyl (C=O) groups is 1. The van der Waals surface area contributed by atoms with Crippen LogP contribution in [0.25, 0.3) is 0 Å². The Morgan fingerprint density at radius 3 is 2.61 bits per heavy atom. The molecule has 2 aromatic rings. The average molecular weight is 448 g/mol. The molecule has 0 spiro atoms. The van der Waals surface area contributed by atoms with E-state index in [1.165, 1.54) is 24.1 Å². The monoisotopic (exact) mass is 447 g/mol. The lowest BCUT2D eigenvalue weighted by atomic mass is 9.85. The van der Waals surface area contributed by atoms with Crippen LogP contribution >= 0.6 is 0 Å². The molecule has 3 N–H and O–H groups in total. The number of hydrogen-bond donors (Lipinski definition) is 3. The molecule has 2 aliphatic rings. The summed E-state index contributed by atoms with van der Waals surface area (Å²) in [6.45, 7) is 7.89. The number of amides is 1. The van der Waals surface area contributed by atoms with Crippen molar-refractivity contribution in [3.63, 3.8) is 0 Å². The third kappa shape index (κ3) is 6.28. The summed E-state index contributed by atoms with van der Waals surface area (Å²) >= 11 is 0. The molecule has 6 heteroatoms. The fourth-order valence-corrected chi connectivity index (χ4v) is 4.41. The van der Waals surface area contributed by atoms with Crippen molar-refractivity contribution in [2.45, 2.75) is 58.5 Å². The number of carbonyl (C=O) groups excluding carboxylic acids is 1. The molecule has 0 bridgehead atoms. The highest BCUT2D eigenvalue weighted by Crippen LogP contribution is 2.28. The fraction of sp³-hybridized carbons (Fsp3) is 0.481. The van der Waals surface area contributed by atoms with Gasteiger partial charge in [0.2, 0.25) is 5.91 Å². The van der Waals surface area contributed by atoms with Gasteiger partial charge in [-0.2, -0.15) is 0 Å². The van der Waals surface area contributed by atoms with Gasteiger partial charge in [0.15, 0.2) is 5.96 Å². The van der Waals surface area contributed by atoms with E-state index in [-0.39, 0.29) is 17.9 Å². The number of guanidine groups is 1. The van der Waals surface area contributed by atoms with Crippen molar-refractivity contribution in [3.8, 4) is 0 Å². The molecule has 1 heterocycles. The molecule has 1 saturated heterocycles. The second-order valence-corrected chi connectivity index (χ2v) is 9.17. The molecule has 0 aromatic heterocycles. The molecule has 1 saturated carbocycles. The van der Waals surface area contributed by atoms with Crippen LogP contribution in [0.1, 0.15) is 63.1 Å². The van der Waals surface area contributed by atoms with Crippen LogP contribution in [0, 0.1) is 5.92 Å². The van der Waals surface area contributed by atoms with Crippen molar-refractivity contribution in [3.05, 3.63) is 59.7 Å². The summed E-state index contributed by atoms with van der Waals surface area (Å²) in [7, 11) is 0. The Kier molecular flexibility index (Phi) is 7.87. The standard InChI is InChI=1S/C27H37N5O/c1-3-28-27(30-20(2)23-12-8-14-25(18-23)32-15-4-5-16-32)29-19-21-9-6-13-24(17-21)31-26(33)22-10-7-11-22/h6,8-9,12-14,17-18,20,22H,3-5,7,10-11,15-16,19H2,1-2H3,(H,31,33)(H2,28,29,30). The van der Waals surface area contributed by atoms with Gasteiger partial charge >= 0.3 is 0 Å². The Morgan fingerprint density at radius 2 is 1.88 bits per heavy atom. The Bertz CT molecular complexity index is 962. The van der Waals surface area contributed by atoms with Crippen molar-refractivity contribution in [1.29, 1.82) is 0 Å². The van der Waals surface area contributed by atoms with E-state index in [9.17, 15) is 4.79 Å². The van der Waals surface area contributed by atoms with E-state index in [4.69, 9.17) is 4.99 Å². The van der Waals surface area contributed by atoms with E-state index in [2.05, 4.69) is 65.0 Å². The van der Waals surface area contributed by atoms with E-state index in [0.717, 1.165) is 56.1 Å². The summed E-state index contributed by atoms with van der Waals surface area (Å²) in [4.78, 5) is 19.5. The molecule has 0 radical (unpaired) electrons. The second-order valence-electron chi connectivity index (χ2n) is 9.17. The van der Waals surface area contributed by atoms with Gasteiger partial charge < -0.3 is 20.9 Å². The summed E-state index contributed by atoms with van der Waals surface area (Å²) in [5.41, 5.74) is 4.49. The lowest BCUT2D eigenvalue weighted by Crippen LogP contribution is -2.38. The van der Waals surface area contributed by atoms with Crippen LogP contribution in [0.15, 0.2) is 53.5 Å². The molecule has 2 fully saturated rings. The average Bonchev–Trinajstić information content (AvgIpc) is 3.32. The van der Waals surface area contributed by atoms with Gasteiger partial charge in [-0.3, -0.25) is 4.79 Å². The zero-order valence-electron chi connectivity index (χ0n) is 19.9. The first-order valence-corrected chi connectivity index (χ1v) is 12.4. The lowest BCUT2D eigenvalue weighted by molar-refractivity contribution is -0.122. The van der Waals surface area contributed by atoms with Crippen LogP contribution in [-0.4, -0.2) is 31.5 Å². The molecule has 1 atom stereocenters. The van der Waals surface area contributed by atoms with E-state index in [1.54, 1.807) is 0 Å². The molecule has 1 unspecified atom stereocenters. The third-order valence-corrected chi connectivity index (χ3v) is 6.63. The summed E-state index contributed by atoms with van der Waals surface area (Å²) < 4.78 is 0. The minimum atomic E-state index is 0.137. The number of aliphatic imine (C=N–C) groups is 1. The van der Waals surface area contributed by atoms with Crippen LogP contribution in [-0.2, 0) is 11.3 Å². The molecule has 4 rings (SSSR count). The van der Waals surface area contributed by atoms with Crippen LogP contribution in [0.4, 0.5) is 11.4 Å². The quantitative estimate of drug-likeness (QED) is 0.400. The highest BCUT2D eigenvalue weighted by molar-refractivity contribution is 5.93. The molecular weight excluding hydrogens is 410 g/mol. The van der Waals surface area contributed by atoms with Gasteiger partial charge in [0, 0.05) is 36.9 Å². The van der Waals surface area contributed by atoms with Crippen molar-refractivity contribution >= 4 is 23.2 Å². The first-order valence-electron chi connectivity index (χ1n) is 12.4. The predicted octanol–water partition coefficient (Wildman–Crippen LogP) is 4.84. The summed E-state index contributed by atoms with van der Waals surface area (Å²) in [6, 6.07) is 17.0. The molecule has 176 valence electrons. The number of nitrogens with zero attached hydrogens (tertiary/aromatic N) is 2. The number of nitrogens with one attached hydrogen (secondary N) is 3. The summed E-state index contributed by atoms with van der Waals surface area (Å²) in [5, 5.41) is 9.97. The Morgan fingerprint density at radius 1 is 1.09 bits per heavy atom. The number of rotatable bonds is 8. The van der Waals surface area contributed by atoms with Crippen molar-refractivity contribution < 1.29 is 4.79 Å². The van der Waals surface area contributed by atoms with E-state index < -0.39 is 0 Å². The minimum Gasteiger partial charge on any atom is -0.372 e. The molecule has 1 amide bonds. The first-order chi connectivity index (χ1) is 16.1. The minimum absolute atomic E-state index is 0.137. The zero-order valence-corrected chi connectivity index (χ0v) is 19.9. The SMILES string of the molecule is CCNC(=NCc1cccc(NC(=O)C2CCC2)c1)NC(C)c1cccc(N2CCCC2)c1. The molecular formula is C27H37N5O. The smallest absolute Gasteiger partial charge is 0.227 e. The van der Waals surface area contributed by atoms with Gasteiger partial charge in [0.1, 0.15) is 0 Å². The number of anilines is 2. The Balaban J connectivity index is 1.38. The Labute approximate surface area is 197 Å². The van der Waals surface area contributed by atoms with E-state index >= 15 is 0 Å². The van der Waals surface area contributed by atoms with Gasteiger partial charge in [-0.15, -0.1) is 0 Å². The van der Waals surface area contributed by atoms with Crippen molar-refractivity contribution in [2.24, 2.45) is 10.9 Å². The largest absolute Gasteiger partial charge is 0.372 e. The normalized spacial score (nSPS) is 17.4. The number of benzene rings is 2. The highest BCUT2D eigenvalue weighted by Gasteiger charge is 2.25. The van der Waals surface area contributed by atoms with Gasteiger partial charge in [-0.25, -0.2) is 4.99 Å². The fourth-order valence-electron chi connectivity index (χ4n) is 4.41.